The SMILES string of the molecule is CCCNC(COCCOC(C)(C)C)C1CCOC1. The molecule has 0 saturated carbocycles. The maximum atomic E-state index is 5.76. The van der Waals surface area contributed by atoms with Gasteiger partial charge in [0.1, 0.15) is 0 Å². The highest BCUT2D eigenvalue weighted by molar-refractivity contribution is 4.79. The van der Waals surface area contributed by atoms with Gasteiger partial charge in [-0.2, -0.15) is 0 Å². The normalized spacial score (nSPS) is 21.8. The van der Waals surface area contributed by atoms with Gasteiger partial charge in [-0.05, 0) is 40.2 Å². The Morgan fingerprint density at radius 3 is 2.68 bits per heavy atom. The Kier molecular flexibility index (Phi) is 7.91. The molecule has 1 saturated heterocycles. The molecular weight excluding hydrogens is 242 g/mol. The van der Waals surface area contributed by atoms with Gasteiger partial charge in [-0.25, -0.2) is 0 Å². The summed E-state index contributed by atoms with van der Waals surface area (Å²) < 4.78 is 16.9. The summed E-state index contributed by atoms with van der Waals surface area (Å²) in [5.74, 6) is 0.593. The molecule has 0 aliphatic carbocycles. The Labute approximate surface area is 118 Å². The zero-order valence-electron chi connectivity index (χ0n) is 13.0. The highest BCUT2D eigenvalue weighted by Gasteiger charge is 2.25. The highest BCUT2D eigenvalue weighted by atomic mass is 16.5. The summed E-state index contributed by atoms with van der Waals surface area (Å²) in [6, 6.07) is 0.414. The van der Waals surface area contributed by atoms with Crippen molar-refractivity contribution in [2.24, 2.45) is 5.92 Å². The molecule has 1 N–H and O–H groups in total. The molecule has 1 aliphatic heterocycles. The number of nitrogens with one attached hydrogen (secondary N) is 1. The van der Waals surface area contributed by atoms with E-state index in [9.17, 15) is 0 Å². The molecule has 0 aromatic carbocycles. The minimum absolute atomic E-state index is 0.0808. The fourth-order valence-corrected chi connectivity index (χ4v) is 2.18. The van der Waals surface area contributed by atoms with E-state index in [-0.39, 0.29) is 5.60 Å². The van der Waals surface area contributed by atoms with Gasteiger partial charge in [-0.3, -0.25) is 0 Å². The zero-order chi connectivity index (χ0) is 14.1. The van der Waals surface area contributed by atoms with E-state index in [0.29, 0.717) is 25.2 Å². The van der Waals surface area contributed by atoms with E-state index in [1.54, 1.807) is 0 Å². The van der Waals surface area contributed by atoms with E-state index >= 15 is 0 Å². The Balaban J connectivity index is 2.17. The minimum atomic E-state index is -0.0808. The van der Waals surface area contributed by atoms with Crippen LogP contribution in [0.5, 0.6) is 0 Å². The van der Waals surface area contributed by atoms with E-state index in [2.05, 4.69) is 33.0 Å². The summed E-state index contributed by atoms with van der Waals surface area (Å²) in [5.41, 5.74) is -0.0808. The Morgan fingerprint density at radius 1 is 1.32 bits per heavy atom. The molecule has 2 unspecified atom stereocenters. The molecule has 0 aromatic heterocycles. The van der Waals surface area contributed by atoms with Crippen molar-refractivity contribution in [2.45, 2.75) is 52.2 Å². The summed E-state index contributed by atoms with van der Waals surface area (Å²) in [6.07, 6.45) is 2.29. The van der Waals surface area contributed by atoms with Crippen LogP contribution in [0.1, 0.15) is 40.5 Å². The molecule has 1 rings (SSSR count). The van der Waals surface area contributed by atoms with Crippen LogP contribution in [0, 0.1) is 5.92 Å². The summed E-state index contributed by atoms with van der Waals surface area (Å²) >= 11 is 0. The van der Waals surface area contributed by atoms with Crippen molar-refractivity contribution in [1.29, 1.82) is 0 Å². The molecule has 0 amide bonds. The van der Waals surface area contributed by atoms with E-state index in [4.69, 9.17) is 14.2 Å². The number of hydrogen-bond donors (Lipinski definition) is 1. The van der Waals surface area contributed by atoms with Crippen molar-refractivity contribution in [2.75, 3.05) is 39.6 Å². The molecule has 2 atom stereocenters. The average Bonchev–Trinajstić information content (AvgIpc) is 2.85. The summed E-state index contributed by atoms with van der Waals surface area (Å²) in [7, 11) is 0. The third-order valence-corrected chi connectivity index (χ3v) is 3.25. The first-order chi connectivity index (χ1) is 9.03. The van der Waals surface area contributed by atoms with Crippen molar-refractivity contribution in [1.82, 2.24) is 5.32 Å². The van der Waals surface area contributed by atoms with Gasteiger partial charge in [-0.15, -0.1) is 0 Å². The maximum Gasteiger partial charge on any atom is 0.0707 e. The van der Waals surface area contributed by atoms with E-state index in [0.717, 1.165) is 39.2 Å². The lowest BCUT2D eigenvalue weighted by molar-refractivity contribution is -0.0392. The first-order valence-corrected chi connectivity index (χ1v) is 7.55. The largest absolute Gasteiger partial charge is 0.381 e. The van der Waals surface area contributed by atoms with Crippen LogP contribution >= 0.6 is 0 Å². The molecule has 0 radical (unpaired) electrons. The van der Waals surface area contributed by atoms with Gasteiger partial charge in [-0.1, -0.05) is 6.92 Å². The van der Waals surface area contributed by atoms with Crippen LogP contribution in [0.3, 0.4) is 0 Å². The van der Waals surface area contributed by atoms with Crippen LogP contribution in [0.25, 0.3) is 0 Å². The zero-order valence-corrected chi connectivity index (χ0v) is 13.0. The second kappa shape index (κ2) is 8.90. The van der Waals surface area contributed by atoms with Gasteiger partial charge in [0.2, 0.25) is 0 Å². The van der Waals surface area contributed by atoms with Gasteiger partial charge < -0.3 is 19.5 Å². The van der Waals surface area contributed by atoms with Crippen LogP contribution in [0.4, 0.5) is 0 Å². The smallest absolute Gasteiger partial charge is 0.0707 e. The van der Waals surface area contributed by atoms with E-state index < -0.39 is 0 Å². The first kappa shape index (κ1) is 16.9. The molecule has 0 bridgehead atoms. The fourth-order valence-electron chi connectivity index (χ4n) is 2.18. The van der Waals surface area contributed by atoms with Gasteiger partial charge in [0, 0.05) is 18.6 Å². The van der Waals surface area contributed by atoms with Gasteiger partial charge in [0.15, 0.2) is 0 Å². The van der Waals surface area contributed by atoms with Crippen molar-refractivity contribution in [3.05, 3.63) is 0 Å². The number of hydrogen-bond acceptors (Lipinski definition) is 4. The van der Waals surface area contributed by atoms with Crippen molar-refractivity contribution >= 4 is 0 Å². The molecule has 1 heterocycles. The van der Waals surface area contributed by atoms with Crippen LogP contribution in [-0.2, 0) is 14.2 Å². The Hall–Kier alpha value is -0.160. The third kappa shape index (κ3) is 7.88. The van der Waals surface area contributed by atoms with E-state index in [1.165, 1.54) is 0 Å². The van der Waals surface area contributed by atoms with Crippen molar-refractivity contribution < 1.29 is 14.2 Å². The quantitative estimate of drug-likeness (QED) is 0.654. The fraction of sp³-hybridized carbons (Fsp3) is 1.00. The maximum absolute atomic E-state index is 5.76. The van der Waals surface area contributed by atoms with Crippen LogP contribution in [0.2, 0.25) is 0 Å². The lowest BCUT2D eigenvalue weighted by Crippen LogP contribution is -2.41. The van der Waals surface area contributed by atoms with Crippen molar-refractivity contribution in [3.63, 3.8) is 0 Å². The van der Waals surface area contributed by atoms with Crippen molar-refractivity contribution in [3.8, 4) is 0 Å². The summed E-state index contributed by atoms with van der Waals surface area (Å²) in [4.78, 5) is 0. The lowest BCUT2D eigenvalue weighted by Gasteiger charge is -2.24. The molecular formula is C15H31NO3. The van der Waals surface area contributed by atoms with Gasteiger partial charge >= 0.3 is 0 Å². The molecule has 114 valence electrons. The van der Waals surface area contributed by atoms with Crippen LogP contribution < -0.4 is 5.32 Å². The molecule has 0 spiro atoms. The molecule has 1 fully saturated rings. The predicted octanol–water partition coefficient (Wildman–Crippen LogP) is 2.22. The molecule has 0 aromatic rings. The lowest BCUT2D eigenvalue weighted by atomic mass is 9.99. The first-order valence-electron chi connectivity index (χ1n) is 7.55. The molecule has 4 nitrogen and oxygen atoms in total. The molecule has 1 aliphatic rings. The molecule has 4 heteroatoms. The third-order valence-electron chi connectivity index (χ3n) is 3.25. The average molecular weight is 273 g/mol. The van der Waals surface area contributed by atoms with Gasteiger partial charge in [0.25, 0.3) is 0 Å². The monoisotopic (exact) mass is 273 g/mol. The number of ether oxygens (including phenoxy) is 3. The summed E-state index contributed by atoms with van der Waals surface area (Å²) in [6.45, 7) is 13.3. The Bertz CT molecular complexity index is 222. The van der Waals surface area contributed by atoms with Crippen LogP contribution in [0.15, 0.2) is 0 Å². The second-order valence-corrected chi connectivity index (χ2v) is 6.22. The standard InChI is InChI=1S/C15H31NO3/c1-5-7-16-14(13-6-8-17-11-13)12-18-9-10-19-15(2,3)4/h13-14,16H,5-12H2,1-4H3. The van der Waals surface area contributed by atoms with Crippen LogP contribution in [-0.4, -0.2) is 51.2 Å². The second-order valence-electron chi connectivity index (χ2n) is 6.22. The van der Waals surface area contributed by atoms with E-state index in [1.807, 2.05) is 0 Å². The predicted molar refractivity (Wildman–Crippen MR) is 77.5 cm³/mol. The minimum Gasteiger partial charge on any atom is -0.381 e. The summed E-state index contributed by atoms with van der Waals surface area (Å²) in [5, 5.41) is 3.57. The van der Waals surface area contributed by atoms with Gasteiger partial charge in [0.05, 0.1) is 32.0 Å². The number of rotatable bonds is 9. The highest BCUT2D eigenvalue weighted by Crippen LogP contribution is 2.17. The molecule has 19 heavy (non-hydrogen) atoms. The topological polar surface area (TPSA) is 39.7 Å². The Morgan fingerprint density at radius 2 is 2.11 bits per heavy atom.